The minimum absolute atomic E-state index is 0.0111. The molecule has 116 valence electrons. The van der Waals surface area contributed by atoms with E-state index < -0.39 is 0 Å². The van der Waals surface area contributed by atoms with Crippen molar-refractivity contribution in [2.24, 2.45) is 11.7 Å². The van der Waals surface area contributed by atoms with Crippen LogP contribution in [0.4, 0.5) is 0 Å². The van der Waals surface area contributed by atoms with Crippen LogP contribution in [-0.2, 0) is 0 Å². The molecule has 0 saturated carbocycles. The summed E-state index contributed by atoms with van der Waals surface area (Å²) in [7, 11) is 3.17. The highest BCUT2D eigenvalue weighted by Gasteiger charge is 2.25. The third kappa shape index (κ3) is 3.67. The lowest BCUT2D eigenvalue weighted by molar-refractivity contribution is 0.0684. The van der Waals surface area contributed by atoms with Crippen LogP contribution in [0.15, 0.2) is 18.2 Å². The third-order valence-electron chi connectivity index (χ3n) is 4.11. The van der Waals surface area contributed by atoms with Gasteiger partial charge >= 0.3 is 0 Å². The number of hydrogen-bond donors (Lipinski definition) is 1. The molecular formula is C16H24N2O3. The van der Waals surface area contributed by atoms with Gasteiger partial charge in [0.15, 0.2) is 0 Å². The average Bonchev–Trinajstić information content (AvgIpc) is 2.54. The molecule has 1 amide bonds. The molecule has 0 atom stereocenters. The van der Waals surface area contributed by atoms with Gasteiger partial charge in [0.05, 0.1) is 19.8 Å². The third-order valence-corrected chi connectivity index (χ3v) is 4.11. The topological polar surface area (TPSA) is 64.8 Å². The first kappa shape index (κ1) is 15.6. The van der Waals surface area contributed by atoms with Gasteiger partial charge in [-0.05, 0) is 49.9 Å². The van der Waals surface area contributed by atoms with E-state index in [0.29, 0.717) is 23.0 Å². The van der Waals surface area contributed by atoms with E-state index in [1.165, 1.54) is 0 Å². The Morgan fingerprint density at radius 3 is 2.57 bits per heavy atom. The first-order valence-electron chi connectivity index (χ1n) is 7.41. The SMILES string of the molecule is COc1ccc(OC)c(C(=O)N2CCC(CCN)CC2)c1. The Balaban J connectivity index is 2.10. The second kappa shape index (κ2) is 7.31. The summed E-state index contributed by atoms with van der Waals surface area (Å²) in [4.78, 5) is 14.6. The van der Waals surface area contributed by atoms with Crippen LogP contribution in [0.5, 0.6) is 11.5 Å². The lowest BCUT2D eigenvalue weighted by atomic mass is 9.93. The molecule has 0 bridgehead atoms. The molecule has 5 nitrogen and oxygen atoms in total. The fourth-order valence-corrected chi connectivity index (χ4v) is 2.81. The molecule has 0 spiro atoms. The summed E-state index contributed by atoms with van der Waals surface area (Å²) in [5.41, 5.74) is 6.17. The Kier molecular flexibility index (Phi) is 5.44. The molecule has 0 aromatic heterocycles. The van der Waals surface area contributed by atoms with Crippen LogP contribution in [0.3, 0.4) is 0 Å². The summed E-state index contributed by atoms with van der Waals surface area (Å²) in [6, 6.07) is 5.31. The number of amides is 1. The van der Waals surface area contributed by atoms with E-state index in [0.717, 1.165) is 38.9 Å². The van der Waals surface area contributed by atoms with Crippen LogP contribution in [0.1, 0.15) is 29.6 Å². The minimum Gasteiger partial charge on any atom is -0.497 e. The maximum Gasteiger partial charge on any atom is 0.257 e. The second-order valence-electron chi connectivity index (χ2n) is 5.38. The smallest absolute Gasteiger partial charge is 0.257 e. The predicted octanol–water partition coefficient (Wildman–Crippen LogP) is 1.90. The average molecular weight is 292 g/mol. The first-order chi connectivity index (χ1) is 10.2. The van der Waals surface area contributed by atoms with E-state index in [9.17, 15) is 4.79 Å². The lowest BCUT2D eigenvalue weighted by Gasteiger charge is -2.32. The van der Waals surface area contributed by atoms with Crippen molar-refractivity contribution in [3.63, 3.8) is 0 Å². The quantitative estimate of drug-likeness (QED) is 0.900. The van der Waals surface area contributed by atoms with Gasteiger partial charge in [-0.2, -0.15) is 0 Å². The minimum atomic E-state index is 0.0111. The highest BCUT2D eigenvalue weighted by molar-refractivity contribution is 5.97. The van der Waals surface area contributed by atoms with Crippen LogP contribution in [-0.4, -0.2) is 44.7 Å². The number of methoxy groups -OCH3 is 2. The van der Waals surface area contributed by atoms with E-state index >= 15 is 0 Å². The van der Waals surface area contributed by atoms with Crippen molar-refractivity contribution >= 4 is 5.91 Å². The molecule has 0 radical (unpaired) electrons. The van der Waals surface area contributed by atoms with Gasteiger partial charge in [-0.3, -0.25) is 4.79 Å². The zero-order chi connectivity index (χ0) is 15.2. The largest absolute Gasteiger partial charge is 0.497 e. The molecule has 1 saturated heterocycles. The van der Waals surface area contributed by atoms with Crippen molar-refractivity contribution < 1.29 is 14.3 Å². The highest BCUT2D eigenvalue weighted by atomic mass is 16.5. The Hall–Kier alpha value is -1.75. The zero-order valence-electron chi connectivity index (χ0n) is 12.8. The molecule has 2 N–H and O–H groups in total. The van der Waals surface area contributed by atoms with Crippen molar-refractivity contribution in [1.29, 1.82) is 0 Å². The monoisotopic (exact) mass is 292 g/mol. The van der Waals surface area contributed by atoms with Gasteiger partial charge in [-0.25, -0.2) is 0 Å². The fourth-order valence-electron chi connectivity index (χ4n) is 2.81. The summed E-state index contributed by atoms with van der Waals surface area (Å²) >= 11 is 0. The summed E-state index contributed by atoms with van der Waals surface area (Å²) in [5, 5.41) is 0. The molecular weight excluding hydrogens is 268 g/mol. The van der Waals surface area contributed by atoms with Gasteiger partial charge in [0.25, 0.3) is 5.91 Å². The Bertz CT molecular complexity index is 482. The molecule has 5 heteroatoms. The predicted molar refractivity (Wildman–Crippen MR) is 81.8 cm³/mol. The maximum atomic E-state index is 12.7. The van der Waals surface area contributed by atoms with Crippen LogP contribution in [0.2, 0.25) is 0 Å². The Labute approximate surface area is 126 Å². The van der Waals surface area contributed by atoms with E-state index in [1.54, 1.807) is 32.4 Å². The molecule has 1 aromatic carbocycles. The number of carbonyl (C=O) groups excluding carboxylic acids is 1. The Morgan fingerprint density at radius 1 is 1.29 bits per heavy atom. The van der Waals surface area contributed by atoms with Crippen LogP contribution >= 0.6 is 0 Å². The molecule has 21 heavy (non-hydrogen) atoms. The van der Waals surface area contributed by atoms with Gasteiger partial charge in [0.2, 0.25) is 0 Å². The molecule has 1 heterocycles. The van der Waals surface area contributed by atoms with Crippen LogP contribution in [0.25, 0.3) is 0 Å². The standard InChI is InChI=1S/C16H24N2O3/c1-20-13-3-4-15(21-2)14(11-13)16(19)18-9-6-12(5-8-17)7-10-18/h3-4,11-12H,5-10,17H2,1-2H3. The van der Waals surface area contributed by atoms with Crippen molar-refractivity contribution in [2.75, 3.05) is 33.9 Å². The summed E-state index contributed by atoms with van der Waals surface area (Å²) < 4.78 is 10.5. The molecule has 1 aliphatic heterocycles. The van der Waals surface area contributed by atoms with Gasteiger partial charge in [-0.15, -0.1) is 0 Å². The van der Waals surface area contributed by atoms with Gasteiger partial charge in [0.1, 0.15) is 11.5 Å². The number of likely N-dealkylation sites (tertiary alicyclic amines) is 1. The number of nitrogens with zero attached hydrogens (tertiary/aromatic N) is 1. The Morgan fingerprint density at radius 2 is 2.00 bits per heavy atom. The summed E-state index contributed by atoms with van der Waals surface area (Å²) in [6.07, 6.45) is 3.09. The van der Waals surface area contributed by atoms with E-state index in [1.807, 2.05) is 4.90 Å². The number of carbonyl (C=O) groups is 1. The first-order valence-corrected chi connectivity index (χ1v) is 7.41. The number of ether oxygens (including phenoxy) is 2. The van der Waals surface area contributed by atoms with Gasteiger partial charge in [-0.1, -0.05) is 0 Å². The van der Waals surface area contributed by atoms with Crippen molar-refractivity contribution in [3.8, 4) is 11.5 Å². The summed E-state index contributed by atoms with van der Waals surface area (Å²) in [5.74, 6) is 1.91. The van der Waals surface area contributed by atoms with Crippen LogP contribution in [0, 0.1) is 5.92 Å². The molecule has 1 aromatic rings. The molecule has 1 aliphatic rings. The van der Waals surface area contributed by atoms with Gasteiger partial charge < -0.3 is 20.1 Å². The number of piperidine rings is 1. The van der Waals surface area contributed by atoms with Gasteiger partial charge in [0, 0.05) is 13.1 Å². The van der Waals surface area contributed by atoms with Crippen molar-refractivity contribution in [3.05, 3.63) is 23.8 Å². The van der Waals surface area contributed by atoms with Crippen molar-refractivity contribution in [2.45, 2.75) is 19.3 Å². The zero-order valence-corrected chi connectivity index (χ0v) is 12.8. The van der Waals surface area contributed by atoms with Crippen molar-refractivity contribution in [1.82, 2.24) is 4.90 Å². The number of hydrogen-bond acceptors (Lipinski definition) is 4. The molecule has 0 unspecified atom stereocenters. The maximum absolute atomic E-state index is 12.7. The fraction of sp³-hybridized carbons (Fsp3) is 0.562. The lowest BCUT2D eigenvalue weighted by Crippen LogP contribution is -2.39. The number of benzene rings is 1. The number of rotatable bonds is 5. The van der Waals surface area contributed by atoms with E-state index in [2.05, 4.69) is 0 Å². The highest BCUT2D eigenvalue weighted by Crippen LogP contribution is 2.27. The number of nitrogens with two attached hydrogens (primary N) is 1. The molecule has 2 rings (SSSR count). The second-order valence-corrected chi connectivity index (χ2v) is 5.38. The van der Waals surface area contributed by atoms with Crippen LogP contribution < -0.4 is 15.2 Å². The normalized spacial score (nSPS) is 15.9. The summed E-state index contributed by atoms with van der Waals surface area (Å²) in [6.45, 7) is 2.29. The molecule has 1 fully saturated rings. The molecule has 0 aliphatic carbocycles. The van der Waals surface area contributed by atoms with E-state index in [-0.39, 0.29) is 5.91 Å². The van der Waals surface area contributed by atoms with E-state index in [4.69, 9.17) is 15.2 Å².